The minimum absolute atomic E-state index is 0.301. The quantitative estimate of drug-likeness (QED) is 0.852. The van der Waals surface area contributed by atoms with Gasteiger partial charge in [-0.1, -0.05) is 41.5 Å². The SMILES string of the molecule is CC(C)(C)C(O)(c1scc2c1OCCO2)C(C)(C)C. The van der Waals surface area contributed by atoms with Gasteiger partial charge < -0.3 is 14.6 Å². The zero-order valence-corrected chi connectivity index (χ0v) is 13.5. The molecule has 3 nitrogen and oxygen atoms in total. The van der Waals surface area contributed by atoms with Gasteiger partial charge in [-0.2, -0.15) is 0 Å². The molecule has 2 rings (SSSR count). The molecule has 0 aliphatic carbocycles. The molecule has 1 aliphatic heterocycles. The number of hydrogen-bond donors (Lipinski definition) is 1. The van der Waals surface area contributed by atoms with Gasteiger partial charge in [0, 0.05) is 5.38 Å². The molecule has 0 aromatic carbocycles. The molecule has 0 bridgehead atoms. The molecule has 1 aromatic rings. The summed E-state index contributed by atoms with van der Waals surface area (Å²) in [6.45, 7) is 13.5. The van der Waals surface area contributed by atoms with Crippen molar-refractivity contribution in [1.29, 1.82) is 0 Å². The first-order valence-corrected chi connectivity index (χ1v) is 7.57. The summed E-state index contributed by atoms with van der Waals surface area (Å²) >= 11 is 1.53. The summed E-state index contributed by atoms with van der Waals surface area (Å²) in [5.41, 5.74) is -1.58. The number of rotatable bonds is 1. The lowest BCUT2D eigenvalue weighted by Gasteiger charge is -2.49. The molecule has 1 aliphatic rings. The Morgan fingerprint density at radius 3 is 2.05 bits per heavy atom. The first-order valence-electron chi connectivity index (χ1n) is 6.69. The normalized spacial score (nSPS) is 16.6. The Balaban J connectivity index is 2.61. The van der Waals surface area contributed by atoms with E-state index in [0.717, 1.165) is 16.4 Å². The Kier molecular flexibility index (Phi) is 3.38. The van der Waals surface area contributed by atoms with E-state index in [0.29, 0.717) is 13.2 Å². The third-order valence-corrected chi connectivity index (χ3v) is 4.85. The van der Waals surface area contributed by atoms with Gasteiger partial charge in [-0.15, -0.1) is 11.3 Å². The van der Waals surface area contributed by atoms with Crippen LogP contribution in [0.4, 0.5) is 0 Å². The molecule has 0 unspecified atom stereocenters. The van der Waals surface area contributed by atoms with Gasteiger partial charge in [0.25, 0.3) is 0 Å². The highest BCUT2D eigenvalue weighted by atomic mass is 32.1. The largest absolute Gasteiger partial charge is 0.485 e. The highest BCUT2D eigenvalue weighted by molar-refractivity contribution is 7.10. The second-order valence-corrected chi connectivity index (χ2v) is 8.05. The molecule has 1 aromatic heterocycles. The van der Waals surface area contributed by atoms with Gasteiger partial charge in [-0.3, -0.25) is 0 Å². The fraction of sp³-hybridized carbons (Fsp3) is 0.733. The molecule has 19 heavy (non-hydrogen) atoms. The second-order valence-electron chi connectivity index (χ2n) is 7.17. The van der Waals surface area contributed by atoms with Crippen molar-refractivity contribution < 1.29 is 14.6 Å². The van der Waals surface area contributed by atoms with Crippen LogP contribution >= 0.6 is 11.3 Å². The minimum Gasteiger partial charge on any atom is -0.485 e. The van der Waals surface area contributed by atoms with Gasteiger partial charge in [0.1, 0.15) is 18.8 Å². The number of fused-ring (bicyclic) bond motifs is 1. The van der Waals surface area contributed by atoms with Crippen molar-refractivity contribution in [2.24, 2.45) is 10.8 Å². The van der Waals surface area contributed by atoms with E-state index < -0.39 is 5.60 Å². The van der Waals surface area contributed by atoms with Crippen LogP contribution in [0.25, 0.3) is 0 Å². The van der Waals surface area contributed by atoms with Crippen LogP contribution in [-0.4, -0.2) is 18.3 Å². The van der Waals surface area contributed by atoms with Crippen LogP contribution in [0.15, 0.2) is 5.38 Å². The molecule has 0 spiro atoms. The fourth-order valence-electron chi connectivity index (χ4n) is 2.92. The number of thiophene rings is 1. The Labute approximate surface area is 119 Å². The number of hydrogen-bond acceptors (Lipinski definition) is 4. The summed E-state index contributed by atoms with van der Waals surface area (Å²) in [4.78, 5) is 0.877. The van der Waals surface area contributed by atoms with Crippen LogP contribution in [0.1, 0.15) is 46.4 Å². The first-order chi connectivity index (χ1) is 8.59. The Morgan fingerprint density at radius 1 is 1.00 bits per heavy atom. The summed E-state index contributed by atoms with van der Waals surface area (Å²) in [5.74, 6) is 1.49. The molecule has 4 heteroatoms. The van der Waals surface area contributed by atoms with E-state index in [2.05, 4.69) is 41.5 Å². The molecule has 2 heterocycles. The highest BCUT2D eigenvalue weighted by Crippen LogP contribution is 2.57. The van der Waals surface area contributed by atoms with Gasteiger partial charge in [-0.05, 0) is 10.8 Å². The first kappa shape index (κ1) is 14.7. The number of ether oxygens (including phenoxy) is 2. The molecule has 0 saturated carbocycles. The standard InChI is InChI=1S/C15H24O3S/c1-13(2,3)15(16,14(4,5)6)12-11-10(9-19-12)17-7-8-18-11/h9,16H,7-8H2,1-6H3. The van der Waals surface area contributed by atoms with Gasteiger partial charge >= 0.3 is 0 Å². The molecule has 0 amide bonds. The van der Waals surface area contributed by atoms with Crippen LogP contribution in [-0.2, 0) is 5.60 Å². The van der Waals surface area contributed by atoms with Crippen LogP contribution in [0.2, 0.25) is 0 Å². The fourth-order valence-corrected chi connectivity index (χ4v) is 4.37. The molecule has 0 fully saturated rings. The van der Waals surface area contributed by atoms with Crippen molar-refractivity contribution in [2.75, 3.05) is 13.2 Å². The lowest BCUT2D eigenvalue weighted by molar-refractivity contribution is -0.143. The third kappa shape index (κ3) is 2.15. The van der Waals surface area contributed by atoms with Gasteiger partial charge in [0.05, 0.1) is 4.88 Å². The molecule has 0 saturated heterocycles. The second kappa shape index (κ2) is 4.38. The summed E-state index contributed by atoms with van der Waals surface area (Å²) in [6.07, 6.45) is 0. The lowest BCUT2D eigenvalue weighted by Crippen LogP contribution is -2.50. The monoisotopic (exact) mass is 284 g/mol. The van der Waals surface area contributed by atoms with E-state index in [4.69, 9.17) is 9.47 Å². The van der Waals surface area contributed by atoms with E-state index in [9.17, 15) is 5.11 Å². The van der Waals surface area contributed by atoms with Crippen molar-refractivity contribution in [3.63, 3.8) is 0 Å². The van der Waals surface area contributed by atoms with E-state index in [1.807, 2.05) is 5.38 Å². The van der Waals surface area contributed by atoms with Crippen molar-refractivity contribution in [1.82, 2.24) is 0 Å². The zero-order chi connectivity index (χ0) is 14.5. The predicted molar refractivity (Wildman–Crippen MR) is 78.1 cm³/mol. The maximum absolute atomic E-state index is 11.5. The zero-order valence-electron chi connectivity index (χ0n) is 12.7. The maximum Gasteiger partial charge on any atom is 0.178 e. The van der Waals surface area contributed by atoms with Crippen LogP contribution in [0.3, 0.4) is 0 Å². The molecule has 108 valence electrons. The van der Waals surface area contributed by atoms with Gasteiger partial charge in [-0.25, -0.2) is 0 Å². The molecule has 1 N–H and O–H groups in total. The van der Waals surface area contributed by atoms with Crippen molar-refractivity contribution in [3.05, 3.63) is 10.3 Å². The van der Waals surface area contributed by atoms with Crippen molar-refractivity contribution in [2.45, 2.75) is 47.1 Å². The van der Waals surface area contributed by atoms with Crippen LogP contribution in [0.5, 0.6) is 11.5 Å². The summed E-state index contributed by atoms with van der Waals surface area (Å²) in [6, 6.07) is 0. The number of aliphatic hydroxyl groups is 1. The molecule has 0 atom stereocenters. The Bertz CT molecular complexity index is 449. The average Bonchev–Trinajstić information content (AvgIpc) is 2.68. The molecular weight excluding hydrogens is 260 g/mol. The van der Waals surface area contributed by atoms with Crippen molar-refractivity contribution in [3.8, 4) is 11.5 Å². The Morgan fingerprint density at radius 2 is 1.53 bits per heavy atom. The maximum atomic E-state index is 11.5. The summed E-state index contributed by atoms with van der Waals surface area (Å²) < 4.78 is 11.4. The average molecular weight is 284 g/mol. The van der Waals surface area contributed by atoms with Crippen LogP contribution in [0, 0.1) is 10.8 Å². The Hall–Kier alpha value is -0.740. The van der Waals surface area contributed by atoms with E-state index in [-0.39, 0.29) is 10.8 Å². The van der Waals surface area contributed by atoms with Gasteiger partial charge in [0.2, 0.25) is 0 Å². The van der Waals surface area contributed by atoms with E-state index >= 15 is 0 Å². The molecule has 0 radical (unpaired) electrons. The topological polar surface area (TPSA) is 38.7 Å². The van der Waals surface area contributed by atoms with E-state index in [1.165, 1.54) is 11.3 Å². The lowest BCUT2D eigenvalue weighted by atomic mass is 9.62. The highest BCUT2D eigenvalue weighted by Gasteiger charge is 2.53. The summed E-state index contributed by atoms with van der Waals surface area (Å²) in [7, 11) is 0. The van der Waals surface area contributed by atoms with Crippen LogP contribution < -0.4 is 9.47 Å². The van der Waals surface area contributed by atoms with Gasteiger partial charge in [0.15, 0.2) is 11.5 Å². The predicted octanol–water partition coefficient (Wildman–Crippen LogP) is 3.80. The third-order valence-electron chi connectivity index (χ3n) is 3.80. The van der Waals surface area contributed by atoms with Crippen molar-refractivity contribution >= 4 is 11.3 Å². The van der Waals surface area contributed by atoms with E-state index in [1.54, 1.807) is 0 Å². The smallest absolute Gasteiger partial charge is 0.178 e. The summed E-state index contributed by atoms with van der Waals surface area (Å²) in [5, 5.41) is 13.4. The molecular formula is C15H24O3S. The minimum atomic E-state index is -0.973.